The zero-order valence-corrected chi connectivity index (χ0v) is 13.2. The molecule has 1 unspecified atom stereocenters. The standard InChI is InChI=1S/C14H17N3O4S/c1-10-14(11(2)21-16-10)22(18,19)17-7-8-20-13(9-17)12-5-3-4-6-15-12/h3-6,13H,7-9H2,1-2H3. The fraction of sp³-hybridized carbons (Fsp3) is 0.429. The van der Waals surface area contributed by atoms with E-state index >= 15 is 0 Å². The normalized spacial score (nSPS) is 20.2. The highest BCUT2D eigenvalue weighted by molar-refractivity contribution is 7.89. The van der Waals surface area contributed by atoms with Gasteiger partial charge in [-0.1, -0.05) is 11.2 Å². The number of hydrogen-bond acceptors (Lipinski definition) is 6. The predicted octanol–water partition coefficient (Wildman–Crippen LogP) is 1.45. The van der Waals surface area contributed by atoms with Gasteiger partial charge < -0.3 is 9.26 Å². The van der Waals surface area contributed by atoms with Gasteiger partial charge in [0.1, 0.15) is 16.7 Å². The molecule has 0 saturated carbocycles. The van der Waals surface area contributed by atoms with Crippen molar-refractivity contribution in [2.24, 2.45) is 0 Å². The lowest BCUT2D eigenvalue weighted by atomic mass is 10.2. The minimum Gasteiger partial charge on any atom is -0.369 e. The summed E-state index contributed by atoms with van der Waals surface area (Å²) in [6, 6.07) is 5.49. The van der Waals surface area contributed by atoms with Gasteiger partial charge in [-0.2, -0.15) is 4.31 Å². The molecule has 2 aromatic rings. The maximum atomic E-state index is 12.8. The quantitative estimate of drug-likeness (QED) is 0.850. The number of aromatic nitrogens is 2. The van der Waals surface area contributed by atoms with Crippen molar-refractivity contribution in [2.75, 3.05) is 19.7 Å². The third kappa shape index (κ3) is 2.65. The van der Waals surface area contributed by atoms with E-state index in [0.29, 0.717) is 24.6 Å². The molecule has 0 N–H and O–H groups in total. The average molecular weight is 323 g/mol. The van der Waals surface area contributed by atoms with Crippen molar-refractivity contribution in [3.05, 3.63) is 41.5 Å². The molecule has 0 amide bonds. The average Bonchev–Trinajstić information content (AvgIpc) is 2.88. The third-order valence-electron chi connectivity index (χ3n) is 3.61. The monoisotopic (exact) mass is 323 g/mol. The van der Waals surface area contributed by atoms with Crippen molar-refractivity contribution < 1.29 is 17.7 Å². The number of hydrogen-bond donors (Lipinski definition) is 0. The van der Waals surface area contributed by atoms with E-state index in [9.17, 15) is 8.42 Å². The lowest BCUT2D eigenvalue weighted by Crippen LogP contribution is -2.42. The van der Waals surface area contributed by atoms with Crippen LogP contribution in [-0.4, -0.2) is 42.6 Å². The molecule has 3 rings (SSSR count). The number of nitrogens with zero attached hydrogens (tertiary/aromatic N) is 3. The Balaban J connectivity index is 1.89. The molecule has 0 radical (unpaired) electrons. The molecule has 22 heavy (non-hydrogen) atoms. The minimum atomic E-state index is -3.65. The summed E-state index contributed by atoms with van der Waals surface area (Å²) in [6.45, 7) is 4.08. The first kappa shape index (κ1) is 15.1. The number of ether oxygens (including phenoxy) is 1. The summed E-state index contributed by atoms with van der Waals surface area (Å²) in [5, 5.41) is 3.73. The Morgan fingerprint density at radius 1 is 1.32 bits per heavy atom. The Morgan fingerprint density at radius 3 is 2.77 bits per heavy atom. The van der Waals surface area contributed by atoms with Crippen molar-refractivity contribution in [3.63, 3.8) is 0 Å². The Labute approximate surface area is 128 Å². The molecule has 8 heteroatoms. The van der Waals surface area contributed by atoms with Gasteiger partial charge in [0.25, 0.3) is 0 Å². The molecule has 0 aliphatic carbocycles. The summed E-state index contributed by atoms with van der Waals surface area (Å²) < 4.78 is 37.7. The highest BCUT2D eigenvalue weighted by Gasteiger charge is 2.35. The molecule has 1 saturated heterocycles. The van der Waals surface area contributed by atoms with E-state index < -0.39 is 10.0 Å². The number of rotatable bonds is 3. The van der Waals surface area contributed by atoms with Crippen LogP contribution >= 0.6 is 0 Å². The maximum absolute atomic E-state index is 12.8. The second kappa shape index (κ2) is 5.79. The van der Waals surface area contributed by atoms with Crippen LogP contribution in [0.5, 0.6) is 0 Å². The van der Waals surface area contributed by atoms with Crippen LogP contribution in [0.4, 0.5) is 0 Å². The second-order valence-corrected chi connectivity index (χ2v) is 7.01. The molecule has 118 valence electrons. The SMILES string of the molecule is Cc1noc(C)c1S(=O)(=O)N1CCOC(c2ccccn2)C1. The van der Waals surface area contributed by atoms with E-state index in [0.717, 1.165) is 5.69 Å². The van der Waals surface area contributed by atoms with Gasteiger partial charge in [-0.25, -0.2) is 8.42 Å². The number of sulfonamides is 1. The van der Waals surface area contributed by atoms with Gasteiger partial charge in [-0.3, -0.25) is 4.98 Å². The second-order valence-electron chi connectivity index (χ2n) is 5.13. The Morgan fingerprint density at radius 2 is 2.14 bits per heavy atom. The van der Waals surface area contributed by atoms with Gasteiger partial charge in [0, 0.05) is 19.3 Å². The van der Waals surface area contributed by atoms with Gasteiger partial charge in [0.2, 0.25) is 10.0 Å². The summed E-state index contributed by atoms with van der Waals surface area (Å²) in [7, 11) is -3.65. The molecular weight excluding hydrogens is 306 g/mol. The molecule has 0 aromatic carbocycles. The Kier molecular flexibility index (Phi) is 3.98. The van der Waals surface area contributed by atoms with Gasteiger partial charge in [0.15, 0.2) is 5.76 Å². The van der Waals surface area contributed by atoms with E-state index in [1.54, 1.807) is 20.0 Å². The highest BCUT2D eigenvalue weighted by atomic mass is 32.2. The van der Waals surface area contributed by atoms with E-state index in [1.807, 2.05) is 18.2 Å². The van der Waals surface area contributed by atoms with E-state index in [2.05, 4.69) is 10.1 Å². The predicted molar refractivity (Wildman–Crippen MR) is 77.7 cm³/mol. The minimum absolute atomic E-state index is 0.147. The lowest BCUT2D eigenvalue weighted by Gasteiger charge is -2.31. The van der Waals surface area contributed by atoms with Crippen LogP contribution < -0.4 is 0 Å². The van der Waals surface area contributed by atoms with Crippen molar-refractivity contribution >= 4 is 10.0 Å². The summed E-state index contributed by atoms with van der Waals surface area (Å²) in [6.07, 6.45) is 1.30. The smallest absolute Gasteiger partial charge is 0.248 e. The molecule has 2 aromatic heterocycles. The Hall–Kier alpha value is -1.77. The Bertz CT molecular complexity index is 738. The van der Waals surface area contributed by atoms with Crippen LogP contribution in [0.1, 0.15) is 23.3 Å². The van der Waals surface area contributed by atoms with Crippen molar-refractivity contribution in [3.8, 4) is 0 Å². The van der Waals surface area contributed by atoms with Crippen LogP contribution in [0.3, 0.4) is 0 Å². The van der Waals surface area contributed by atoms with Gasteiger partial charge >= 0.3 is 0 Å². The van der Waals surface area contributed by atoms with Crippen LogP contribution in [0.2, 0.25) is 0 Å². The highest BCUT2D eigenvalue weighted by Crippen LogP contribution is 2.28. The van der Waals surface area contributed by atoms with E-state index in [1.165, 1.54) is 4.31 Å². The van der Waals surface area contributed by atoms with Gasteiger partial charge in [-0.15, -0.1) is 0 Å². The number of morpholine rings is 1. The molecule has 3 heterocycles. The topological polar surface area (TPSA) is 85.5 Å². The molecule has 0 bridgehead atoms. The van der Waals surface area contributed by atoms with E-state index in [-0.39, 0.29) is 17.5 Å². The number of pyridine rings is 1. The molecule has 1 fully saturated rings. The zero-order chi connectivity index (χ0) is 15.7. The molecule has 1 atom stereocenters. The fourth-order valence-electron chi connectivity index (χ4n) is 2.56. The summed E-state index contributed by atoms with van der Waals surface area (Å²) in [5.74, 6) is 0.304. The first-order valence-corrected chi connectivity index (χ1v) is 8.39. The summed E-state index contributed by atoms with van der Waals surface area (Å²) in [4.78, 5) is 4.39. The molecule has 1 aliphatic heterocycles. The molecular formula is C14H17N3O4S. The lowest BCUT2D eigenvalue weighted by molar-refractivity contribution is -0.00496. The zero-order valence-electron chi connectivity index (χ0n) is 12.4. The van der Waals surface area contributed by atoms with Crippen molar-refractivity contribution in [1.82, 2.24) is 14.4 Å². The van der Waals surface area contributed by atoms with Crippen LogP contribution in [0.25, 0.3) is 0 Å². The van der Waals surface area contributed by atoms with Crippen LogP contribution in [0.15, 0.2) is 33.8 Å². The molecule has 1 aliphatic rings. The first-order chi connectivity index (χ1) is 10.5. The van der Waals surface area contributed by atoms with Gasteiger partial charge in [-0.05, 0) is 26.0 Å². The van der Waals surface area contributed by atoms with Crippen molar-refractivity contribution in [2.45, 2.75) is 24.8 Å². The van der Waals surface area contributed by atoms with E-state index in [4.69, 9.17) is 9.26 Å². The van der Waals surface area contributed by atoms with Crippen LogP contribution in [0, 0.1) is 13.8 Å². The molecule has 0 spiro atoms. The molecule has 7 nitrogen and oxygen atoms in total. The fourth-order valence-corrected chi connectivity index (χ4v) is 4.28. The first-order valence-electron chi connectivity index (χ1n) is 6.95. The van der Waals surface area contributed by atoms with Crippen LogP contribution in [-0.2, 0) is 14.8 Å². The summed E-state index contributed by atoms with van der Waals surface area (Å²) >= 11 is 0. The number of aryl methyl sites for hydroxylation is 2. The summed E-state index contributed by atoms with van der Waals surface area (Å²) in [5.41, 5.74) is 1.10. The largest absolute Gasteiger partial charge is 0.369 e. The third-order valence-corrected chi connectivity index (χ3v) is 5.72. The van der Waals surface area contributed by atoms with Gasteiger partial charge in [0.05, 0.1) is 12.3 Å². The maximum Gasteiger partial charge on any atom is 0.248 e. The van der Waals surface area contributed by atoms with Crippen molar-refractivity contribution in [1.29, 1.82) is 0 Å².